The van der Waals surface area contributed by atoms with Crippen molar-refractivity contribution in [2.75, 3.05) is 18.8 Å². The van der Waals surface area contributed by atoms with E-state index in [-0.39, 0.29) is 0 Å². The molecule has 0 unspecified atom stereocenters. The second-order valence-electron chi connectivity index (χ2n) is 4.97. The molecule has 0 radical (unpaired) electrons. The molecule has 0 aliphatic rings. The predicted molar refractivity (Wildman–Crippen MR) is 90.9 cm³/mol. The van der Waals surface area contributed by atoms with Crippen molar-refractivity contribution in [1.82, 2.24) is 18.2 Å². The molecule has 0 saturated carbocycles. The summed E-state index contributed by atoms with van der Waals surface area (Å²) >= 11 is 1.36. The largest absolute Gasteiger partial charge is 0.301 e. The van der Waals surface area contributed by atoms with Crippen molar-refractivity contribution in [1.29, 1.82) is 0 Å². The molecule has 0 bridgehead atoms. The summed E-state index contributed by atoms with van der Waals surface area (Å²) in [5.74, 6) is 0.756. The average Bonchev–Trinajstić information content (AvgIpc) is 3.18. The van der Waals surface area contributed by atoms with Crippen molar-refractivity contribution < 1.29 is 8.42 Å². The number of imidazole rings is 1. The van der Waals surface area contributed by atoms with Crippen LogP contribution in [0.4, 0.5) is 5.69 Å². The van der Waals surface area contributed by atoms with Gasteiger partial charge in [0.25, 0.3) is 0 Å². The Morgan fingerprint density at radius 3 is 2.83 bits per heavy atom. The molecule has 0 amide bonds. The molecule has 3 rings (SSSR count). The first-order chi connectivity index (χ1) is 11.0. The van der Waals surface area contributed by atoms with Crippen LogP contribution in [0, 0.1) is 0 Å². The Hall–Kier alpha value is -2.23. The zero-order chi connectivity index (χ0) is 16.4. The zero-order valence-electron chi connectivity index (χ0n) is 12.5. The van der Waals surface area contributed by atoms with Crippen LogP contribution in [-0.4, -0.2) is 40.7 Å². The fourth-order valence-corrected chi connectivity index (χ4v) is 3.12. The lowest BCUT2D eigenvalue weighted by Crippen LogP contribution is -2.28. The first-order valence-electron chi connectivity index (χ1n) is 6.71. The second-order valence-corrected chi connectivity index (χ2v) is 7.52. The molecule has 0 aliphatic heterocycles. The molecular formula is C14H15N5O2S2. The van der Waals surface area contributed by atoms with Crippen molar-refractivity contribution in [2.45, 2.75) is 0 Å². The minimum absolute atomic E-state index is 0.485. The Balaban J connectivity index is 1.97. The molecule has 7 nitrogen and oxygen atoms in total. The number of hydrogen-bond donors (Lipinski definition) is 1. The molecule has 2 heterocycles. The van der Waals surface area contributed by atoms with E-state index in [2.05, 4.69) is 14.1 Å². The van der Waals surface area contributed by atoms with E-state index in [1.165, 1.54) is 25.6 Å². The SMILES string of the molecule is CN(C)S(=O)(=O)Nc1cccc(-n2ccnc2-c2cnsc2)c1. The Kier molecular flexibility index (Phi) is 4.16. The van der Waals surface area contributed by atoms with Crippen molar-refractivity contribution in [3.05, 3.63) is 48.2 Å². The number of nitrogens with zero attached hydrogens (tertiary/aromatic N) is 4. The number of rotatable bonds is 5. The summed E-state index contributed by atoms with van der Waals surface area (Å²) in [7, 11) is -0.588. The summed E-state index contributed by atoms with van der Waals surface area (Å²) in [4.78, 5) is 4.35. The van der Waals surface area contributed by atoms with Gasteiger partial charge in [0, 0.05) is 43.1 Å². The molecule has 0 aliphatic carbocycles. The standard InChI is InChI=1S/C14H15N5O2S2/c1-18(2)23(20,21)17-12-4-3-5-13(8-12)19-7-6-15-14(19)11-9-16-22-10-11/h3-10,17H,1-2H3. The van der Waals surface area contributed by atoms with Crippen molar-refractivity contribution in [2.24, 2.45) is 0 Å². The first kappa shape index (κ1) is 15.7. The zero-order valence-corrected chi connectivity index (χ0v) is 14.2. The van der Waals surface area contributed by atoms with Crippen LogP contribution in [0.5, 0.6) is 0 Å². The van der Waals surface area contributed by atoms with Crippen LogP contribution in [0.2, 0.25) is 0 Å². The number of anilines is 1. The smallest absolute Gasteiger partial charge is 0.300 e. The van der Waals surface area contributed by atoms with Crippen LogP contribution in [0.3, 0.4) is 0 Å². The van der Waals surface area contributed by atoms with E-state index < -0.39 is 10.2 Å². The minimum atomic E-state index is -3.54. The van der Waals surface area contributed by atoms with E-state index in [4.69, 9.17) is 0 Å². The lowest BCUT2D eigenvalue weighted by atomic mass is 10.2. The van der Waals surface area contributed by atoms with Gasteiger partial charge < -0.3 is 0 Å². The van der Waals surface area contributed by atoms with E-state index in [0.29, 0.717) is 5.69 Å². The molecule has 0 spiro atoms. The van der Waals surface area contributed by atoms with Crippen molar-refractivity contribution >= 4 is 27.4 Å². The van der Waals surface area contributed by atoms with Crippen LogP contribution in [0.1, 0.15) is 0 Å². The molecule has 3 aromatic rings. The number of benzene rings is 1. The van der Waals surface area contributed by atoms with Gasteiger partial charge in [-0.15, -0.1) is 0 Å². The highest BCUT2D eigenvalue weighted by molar-refractivity contribution is 7.90. The lowest BCUT2D eigenvalue weighted by Gasteiger charge is -2.14. The van der Waals surface area contributed by atoms with Crippen LogP contribution in [0.15, 0.2) is 48.2 Å². The summed E-state index contributed by atoms with van der Waals surface area (Å²) in [5.41, 5.74) is 2.21. The lowest BCUT2D eigenvalue weighted by molar-refractivity contribution is 0.527. The van der Waals surface area contributed by atoms with Gasteiger partial charge in [-0.25, -0.2) is 9.36 Å². The maximum Gasteiger partial charge on any atom is 0.301 e. The Morgan fingerprint density at radius 2 is 2.13 bits per heavy atom. The fourth-order valence-electron chi connectivity index (χ4n) is 2.00. The monoisotopic (exact) mass is 349 g/mol. The van der Waals surface area contributed by atoms with Gasteiger partial charge in [0.1, 0.15) is 5.82 Å². The van der Waals surface area contributed by atoms with Crippen molar-refractivity contribution in [3.8, 4) is 17.1 Å². The average molecular weight is 349 g/mol. The summed E-state index contributed by atoms with van der Waals surface area (Å²) in [6.07, 6.45) is 5.28. The topological polar surface area (TPSA) is 80.1 Å². The summed E-state index contributed by atoms with van der Waals surface area (Å²) < 4.78 is 33.5. The molecule has 120 valence electrons. The van der Waals surface area contributed by atoms with Gasteiger partial charge in [0.2, 0.25) is 0 Å². The number of aromatic nitrogens is 3. The van der Waals surface area contributed by atoms with Gasteiger partial charge in [-0.3, -0.25) is 9.29 Å². The Morgan fingerprint density at radius 1 is 1.30 bits per heavy atom. The summed E-state index contributed by atoms with van der Waals surface area (Å²) in [6.45, 7) is 0. The van der Waals surface area contributed by atoms with Crippen LogP contribution < -0.4 is 4.72 Å². The third kappa shape index (κ3) is 3.26. The third-order valence-corrected chi connectivity index (χ3v) is 5.22. The molecule has 2 aromatic heterocycles. The van der Waals surface area contributed by atoms with Gasteiger partial charge >= 0.3 is 10.2 Å². The highest BCUT2D eigenvalue weighted by Crippen LogP contribution is 2.24. The van der Waals surface area contributed by atoms with Gasteiger partial charge in [0.15, 0.2) is 0 Å². The van der Waals surface area contributed by atoms with Gasteiger partial charge in [0.05, 0.1) is 11.9 Å². The molecule has 23 heavy (non-hydrogen) atoms. The molecule has 0 atom stereocenters. The normalized spacial score (nSPS) is 11.8. The first-order valence-corrected chi connectivity index (χ1v) is 8.99. The van der Waals surface area contributed by atoms with E-state index in [0.717, 1.165) is 21.4 Å². The number of hydrogen-bond acceptors (Lipinski definition) is 5. The van der Waals surface area contributed by atoms with E-state index >= 15 is 0 Å². The van der Waals surface area contributed by atoms with E-state index in [9.17, 15) is 8.42 Å². The highest BCUT2D eigenvalue weighted by atomic mass is 32.2. The Labute approximate surface area is 138 Å². The molecule has 1 N–H and O–H groups in total. The van der Waals surface area contributed by atoms with Crippen LogP contribution >= 0.6 is 11.5 Å². The second kappa shape index (κ2) is 6.11. The molecule has 0 fully saturated rings. The maximum absolute atomic E-state index is 11.9. The highest BCUT2D eigenvalue weighted by Gasteiger charge is 2.14. The molecular weight excluding hydrogens is 334 g/mol. The minimum Gasteiger partial charge on any atom is -0.300 e. The van der Waals surface area contributed by atoms with Gasteiger partial charge in [-0.05, 0) is 29.7 Å². The van der Waals surface area contributed by atoms with E-state index in [1.807, 2.05) is 22.2 Å². The molecule has 1 aromatic carbocycles. The summed E-state index contributed by atoms with van der Waals surface area (Å²) in [6, 6.07) is 7.14. The van der Waals surface area contributed by atoms with Gasteiger partial charge in [-0.2, -0.15) is 12.7 Å². The predicted octanol–water partition coefficient (Wildman–Crippen LogP) is 2.21. The van der Waals surface area contributed by atoms with Crippen LogP contribution in [-0.2, 0) is 10.2 Å². The maximum atomic E-state index is 11.9. The fraction of sp³-hybridized carbons (Fsp3) is 0.143. The Bertz CT molecular complexity index is 901. The van der Waals surface area contributed by atoms with Gasteiger partial charge in [-0.1, -0.05) is 6.07 Å². The third-order valence-electron chi connectivity index (χ3n) is 3.18. The molecule has 9 heteroatoms. The molecule has 0 saturated heterocycles. The number of nitrogens with one attached hydrogen (secondary N) is 1. The quantitative estimate of drug-likeness (QED) is 0.766. The van der Waals surface area contributed by atoms with Crippen molar-refractivity contribution in [3.63, 3.8) is 0 Å². The van der Waals surface area contributed by atoms with Crippen LogP contribution in [0.25, 0.3) is 17.1 Å². The van der Waals surface area contributed by atoms with E-state index in [1.54, 1.807) is 30.6 Å². The summed E-state index contributed by atoms with van der Waals surface area (Å²) in [5, 5.41) is 1.91.